The van der Waals surface area contributed by atoms with E-state index in [2.05, 4.69) is 16.9 Å². The quantitative estimate of drug-likeness (QED) is 0.718. The number of ether oxygens (including phenoxy) is 1. The molecular weight excluding hydrogens is 202 g/mol. The maximum Gasteiger partial charge on any atom is 0.113 e. The lowest BCUT2D eigenvalue weighted by Gasteiger charge is -2.09. The molecule has 1 aliphatic rings. The van der Waals surface area contributed by atoms with Crippen molar-refractivity contribution in [3.63, 3.8) is 0 Å². The molecule has 2 unspecified atom stereocenters. The molecule has 0 amide bonds. The third-order valence-corrected chi connectivity index (χ3v) is 3.29. The minimum atomic E-state index is 0.238. The number of nitrogens with zero attached hydrogens (tertiary/aromatic N) is 1. The lowest BCUT2D eigenvalue weighted by atomic mass is 10.0. The Balaban J connectivity index is 2.08. The van der Waals surface area contributed by atoms with Crippen LogP contribution in [0.4, 0.5) is 5.69 Å². The smallest absolute Gasteiger partial charge is 0.113 e. The summed E-state index contributed by atoms with van der Waals surface area (Å²) in [6.07, 6.45) is 1.27. The Morgan fingerprint density at radius 2 is 2.38 bits per heavy atom. The number of rotatable bonds is 1. The van der Waals surface area contributed by atoms with Crippen molar-refractivity contribution in [1.29, 1.82) is 0 Å². The second-order valence-electron chi connectivity index (χ2n) is 4.34. The molecule has 1 aromatic carbocycles. The predicted molar refractivity (Wildman–Crippen MR) is 63.3 cm³/mol. The topological polar surface area (TPSA) is 63.9 Å². The van der Waals surface area contributed by atoms with Gasteiger partial charge in [0.05, 0.1) is 17.3 Å². The Morgan fingerprint density at radius 3 is 3.06 bits per heavy atom. The summed E-state index contributed by atoms with van der Waals surface area (Å²) in [7, 11) is 0. The van der Waals surface area contributed by atoms with Crippen LogP contribution in [0.1, 0.15) is 25.1 Å². The van der Waals surface area contributed by atoms with Crippen molar-refractivity contribution in [2.75, 3.05) is 12.3 Å². The zero-order valence-corrected chi connectivity index (χ0v) is 9.23. The summed E-state index contributed by atoms with van der Waals surface area (Å²) in [5, 5.41) is 0. The van der Waals surface area contributed by atoms with Crippen LogP contribution in [0.25, 0.3) is 11.0 Å². The molecule has 2 atom stereocenters. The molecule has 1 aliphatic heterocycles. The Morgan fingerprint density at radius 1 is 1.50 bits per heavy atom. The van der Waals surface area contributed by atoms with Gasteiger partial charge in [-0.3, -0.25) is 0 Å². The molecule has 0 saturated carbocycles. The van der Waals surface area contributed by atoms with Gasteiger partial charge in [-0.05, 0) is 25.5 Å². The van der Waals surface area contributed by atoms with Crippen LogP contribution in [-0.2, 0) is 4.74 Å². The molecule has 3 N–H and O–H groups in total. The van der Waals surface area contributed by atoms with Gasteiger partial charge in [0.15, 0.2) is 0 Å². The van der Waals surface area contributed by atoms with E-state index in [4.69, 9.17) is 10.5 Å². The van der Waals surface area contributed by atoms with Crippen LogP contribution < -0.4 is 5.73 Å². The van der Waals surface area contributed by atoms with Gasteiger partial charge in [-0.15, -0.1) is 0 Å². The van der Waals surface area contributed by atoms with E-state index in [0.717, 1.165) is 35.6 Å². The Bertz CT molecular complexity index is 520. The highest BCUT2D eigenvalue weighted by Crippen LogP contribution is 2.31. The number of nitrogen functional groups attached to an aromatic ring is 1. The summed E-state index contributed by atoms with van der Waals surface area (Å²) < 4.78 is 5.55. The first kappa shape index (κ1) is 9.66. The van der Waals surface area contributed by atoms with Crippen molar-refractivity contribution >= 4 is 16.7 Å². The Kier molecular flexibility index (Phi) is 2.11. The van der Waals surface area contributed by atoms with Crippen LogP contribution in [0.2, 0.25) is 0 Å². The van der Waals surface area contributed by atoms with E-state index in [0.29, 0.717) is 5.92 Å². The highest BCUT2D eigenvalue weighted by atomic mass is 16.5. The van der Waals surface area contributed by atoms with Gasteiger partial charge >= 0.3 is 0 Å². The van der Waals surface area contributed by atoms with Crippen LogP contribution >= 0.6 is 0 Å². The first-order valence-electron chi connectivity index (χ1n) is 5.61. The summed E-state index contributed by atoms with van der Waals surface area (Å²) >= 11 is 0. The number of nitrogens with two attached hydrogens (primary N) is 1. The van der Waals surface area contributed by atoms with E-state index in [9.17, 15) is 0 Å². The molecule has 2 heterocycles. The minimum Gasteiger partial charge on any atom is -0.397 e. The molecule has 0 bridgehead atoms. The normalized spacial score (nSPS) is 25.3. The second-order valence-corrected chi connectivity index (χ2v) is 4.34. The molecule has 1 saturated heterocycles. The first-order valence-corrected chi connectivity index (χ1v) is 5.61. The van der Waals surface area contributed by atoms with Crippen molar-refractivity contribution in [2.24, 2.45) is 0 Å². The van der Waals surface area contributed by atoms with Crippen molar-refractivity contribution in [1.82, 2.24) is 9.97 Å². The second kappa shape index (κ2) is 3.49. The van der Waals surface area contributed by atoms with Gasteiger partial charge in [-0.1, -0.05) is 6.07 Å². The molecule has 16 heavy (non-hydrogen) atoms. The van der Waals surface area contributed by atoms with Crippen LogP contribution in [0.15, 0.2) is 18.2 Å². The van der Waals surface area contributed by atoms with E-state index >= 15 is 0 Å². The lowest BCUT2D eigenvalue weighted by Crippen LogP contribution is -2.10. The monoisotopic (exact) mass is 217 g/mol. The van der Waals surface area contributed by atoms with E-state index in [1.165, 1.54) is 0 Å². The highest BCUT2D eigenvalue weighted by Gasteiger charge is 2.28. The molecule has 0 aliphatic carbocycles. The van der Waals surface area contributed by atoms with Crippen LogP contribution in [0.3, 0.4) is 0 Å². The number of fused-ring (bicyclic) bond motifs is 1. The van der Waals surface area contributed by atoms with Crippen molar-refractivity contribution < 1.29 is 4.74 Å². The number of benzene rings is 1. The number of hydrogen-bond acceptors (Lipinski definition) is 3. The fourth-order valence-electron chi connectivity index (χ4n) is 2.34. The van der Waals surface area contributed by atoms with E-state index in [1.807, 2.05) is 18.2 Å². The molecule has 2 aromatic rings. The van der Waals surface area contributed by atoms with Gasteiger partial charge < -0.3 is 15.5 Å². The lowest BCUT2D eigenvalue weighted by molar-refractivity contribution is 0.117. The van der Waals surface area contributed by atoms with Crippen molar-refractivity contribution in [2.45, 2.75) is 25.4 Å². The maximum absolute atomic E-state index is 5.89. The number of para-hydroxylation sites is 1. The number of anilines is 1. The van der Waals surface area contributed by atoms with E-state index < -0.39 is 0 Å². The summed E-state index contributed by atoms with van der Waals surface area (Å²) in [6.45, 7) is 2.91. The molecule has 0 spiro atoms. The Hall–Kier alpha value is -1.55. The molecule has 84 valence electrons. The van der Waals surface area contributed by atoms with Gasteiger partial charge in [-0.25, -0.2) is 4.98 Å². The van der Waals surface area contributed by atoms with Gasteiger partial charge in [0.1, 0.15) is 11.3 Å². The summed E-state index contributed by atoms with van der Waals surface area (Å²) in [5.74, 6) is 1.37. The summed E-state index contributed by atoms with van der Waals surface area (Å²) in [5.41, 5.74) is 8.50. The average Bonchev–Trinajstić information content (AvgIpc) is 2.84. The number of nitrogens with one attached hydrogen (secondary N) is 1. The maximum atomic E-state index is 5.89. The summed E-state index contributed by atoms with van der Waals surface area (Å²) in [6, 6.07) is 5.82. The Labute approximate surface area is 93.8 Å². The zero-order valence-electron chi connectivity index (χ0n) is 9.23. The molecule has 4 heteroatoms. The fraction of sp³-hybridized carbons (Fsp3) is 0.417. The van der Waals surface area contributed by atoms with E-state index in [1.54, 1.807) is 0 Å². The third-order valence-electron chi connectivity index (χ3n) is 3.29. The number of H-pyrrole nitrogens is 1. The fourth-order valence-corrected chi connectivity index (χ4v) is 2.34. The molecule has 0 radical (unpaired) electrons. The predicted octanol–water partition coefficient (Wildman–Crippen LogP) is 2.04. The minimum absolute atomic E-state index is 0.238. The van der Waals surface area contributed by atoms with E-state index in [-0.39, 0.29) is 6.10 Å². The number of hydrogen-bond donors (Lipinski definition) is 2. The molecule has 3 rings (SSSR count). The van der Waals surface area contributed by atoms with Gasteiger partial charge in [-0.2, -0.15) is 0 Å². The SMILES string of the molecule is CC1OCCC1c1nc2c(N)cccc2[nH]1. The van der Waals surface area contributed by atoms with Crippen LogP contribution in [-0.4, -0.2) is 22.7 Å². The number of aromatic amines is 1. The van der Waals surface area contributed by atoms with Crippen molar-refractivity contribution in [3.8, 4) is 0 Å². The van der Waals surface area contributed by atoms with Crippen LogP contribution in [0, 0.1) is 0 Å². The highest BCUT2D eigenvalue weighted by molar-refractivity contribution is 5.86. The largest absolute Gasteiger partial charge is 0.397 e. The van der Waals surface area contributed by atoms with Crippen LogP contribution in [0.5, 0.6) is 0 Å². The molecule has 1 aromatic heterocycles. The summed E-state index contributed by atoms with van der Waals surface area (Å²) in [4.78, 5) is 7.92. The number of imidazole rings is 1. The van der Waals surface area contributed by atoms with Gasteiger partial charge in [0, 0.05) is 12.5 Å². The van der Waals surface area contributed by atoms with Crippen molar-refractivity contribution in [3.05, 3.63) is 24.0 Å². The van der Waals surface area contributed by atoms with Gasteiger partial charge in [0.2, 0.25) is 0 Å². The standard InChI is InChI=1S/C12H15N3O/c1-7-8(5-6-16-7)12-14-10-4-2-3-9(13)11(10)15-12/h2-4,7-8H,5-6,13H2,1H3,(H,14,15). The third kappa shape index (κ3) is 1.38. The molecule has 1 fully saturated rings. The average molecular weight is 217 g/mol. The number of aromatic nitrogens is 2. The zero-order chi connectivity index (χ0) is 11.1. The van der Waals surface area contributed by atoms with Gasteiger partial charge in [0.25, 0.3) is 0 Å². The molecular formula is C12H15N3O. The first-order chi connectivity index (χ1) is 7.75. The molecule has 4 nitrogen and oxygen atoms in total.